The van der Waals surface area contributed by atoms with Crippen LogP contribution in [-0.4, -0.2) is 21.0 Å². The molecule has 1 aliphatic rings. The van der Waals surface area contributed by atoms with E-state index in [1.54, 1.807) is 0 Å². The van der Waals surface area contributed by atoms with E-state index < -0.39 is 0 Å². The van der Waals surface area contributed by atoms with E-state index in [0.717, 1.165) is 50.0 Å². The van der Waals surface area contributed by atoms with Crippen molar-refractivity contribution < 1.29 is 4.79 Å². The van der Waals surface area contributed by atoms with Crippen molar-refractivity contribution in [3.63, 3.8) is 0 Å². The van der Waals surface area contributed by atoms with E-state index >= 15 is 0 Å². The first-order chi connectivity index (χ1) is 11.3. The number of rotatable bonds is 3. The minimum atomic E-state index is -0.265. The lowest BCUT2D eigenvalue weighted by Crippen LogP contribution is -2.42. The first kappa shape index (κ1) is 17.1. The Morgan fingerprint density at radius 1 is 1.33 bits per heavy atom. The third-order valence-corrected chi connectivity index (χ3v) is 6.14. The van der Waals surface area contributed by atoms with E-state index in [0.29, 0.717) is 15.1 Å². The van der Waals surface area contributed by atoms with Crippen LogP contribution in [0.4, 0.5) is 0 Å². The zero-order valence-corrected chi connectivity index (χ0v) is 15.7. The highest BCUT2D eigenvalue weighted by Crippen LogP contribution is 2.28. The summed E-state index contributed by atoms with van der Waals surface area (Å²) in [6.45, 7) is 8.64. The molecule has 24 heavy (non-hydrogen) atoms. The average Bonchev–Trinajstić information content (AvgIpc) is 2.71. The van der Waals surface area contributed by atoms with Gasteiger partial charge in [0, 0.05) is 18.5 Å². The maximum Gasteiger partial charge on any atom is 0.262 e. The molecule has 1 amide bonds. The van der Waals surface area contributed by atoms with Crippen LogP contribution in [0.5, 0.6) is 0 Å². The summed E-state index contributed by atoms with van der Waals surface area (Å²) in [5.74, 6) is 0.758. The molecule has 2 aromatic heterocycles. The van der Waals surface area contributed by atoms with Gasteiger partial charge in [-0.25, -0.2) is 4.98 Å². The summed E-state index contributed by atoms with van der Waals surface area (Å²) < 4.78 is 1.81. The molecule has 130 valence electrons. The van der Waals surface area contributed by atoms with Gasteiger partial charge >= 0.3 is 0 Å². The maximum atomic E-state index is 12.9. The second-order valence-electron chi connectivity index (χ2n) is 7.22. The van der Waals surface area contributed by atoms with Gasteiger partial charge in [0.25, 0.3) is 11.5 Å². The summed E-state index contributed by atoms with van der Waals surface area (Å²) in [4.78, 5) is 31.6. The number of aromatic nitrogens is 2. The fourth-order valence-electron chi connectivity index (χ4n) is 3.08. The van der Waals surface area contributed by atoms with Crippen molar-refractivity contribution in [3.05, 3.63) is 26.6 Å². The number of amides is 1. The quantitative estimate of drug-likeness (QED) is 0.925. The van der Waals surface area contributed by atoms with E-state index in [1.165, 1.54) is 11.3 Å². The molecule has 2 aromatic rings. The van der Waals surface area contributed by atoms with Crippen LogP contribution in [0.1, 0.15) is 67.5 Å². The summed E-state index contributed by atoms with van der Waals surface area (Å²) in [5.41, 5.74) is 0.509. The number of aryl methyl sites for hydroxylation is 2. The zero-order valence-electron chi connectivity index (χ0n) is 14.9. The van der Waals surface area contributed by atoms with Crippen molar-refractivity contribution in [1.82, 2.24) is 14.9 Å². The summed E-state index contributed by atoms with van der Waals surface area (Å²) in [6.07, 6.45) is 4.90. The number of hydrogen-bond acceptors (Lipinski definition) is 4. The number of fused-ring (bicyclic) bond motifs is 2. The lowest BCUT2D eigenvalue weighted by molar-refractivity contribution is 0.0915. The Balaban J connectivity index is 2.10. The molecule has 6 heteroatoms. The average molecular weight is 347 g/mol. The molecule has 0 unspecified atom stereocenters. The predicted molar refractivity (Wildman–Crippen MR) is 98.0 cm³/mol. The molecule has 1 N–H and O–H groups in total. The van der Waals surface area contributed by atoms with Crippen molar-refractivity contribution >= 4 is 27.5 Å². The van der Waals surface area contributed by atoms with Crippen LogP contribution in [0.15, 0.2) is 4.79 Å². The molecule has 1 aliphatic heterocycles. The number of nitrogens with zero attached hydrogens (tertiary/aromatic N) is 2. The van der Waals surface area contributed by atoms with Gasteiger partial charge < -0.3 is 5.32 Å². The Bertz CT molecular complexity index is 848. The van der Waals surface area contributed by atoms with Crippen LogP contribution in [-0.2, 0) is 13.0 Å². The monoisotopic (exact) mass is 347 g/mol. The maximum absolute atomic E-state index is 12.9. The minimum Gasteiger partial charge on any atom is -0.346 e. The van der Waals surface area contributed by atoms with Crippen LogP contribution in [0, 0.1) is 6.92 Å². The number of thiophene rings is 1. The fourth-order valence-corrected chi connectivity index (χ4v) is 4.16. The molecule has 3 heterocycles. The third-order valence-electron chi connectivity index (χ3n) is 4.95. The molecular formula is C18H25N3O2S. The third kappa shape index (κ3) is 2.99. The highest BCUT2D eigenvalue weighted by molar-refractivity contribution is 7.20. The first-order valence-corrected chi connectivity index (χ1v) is 9.51. The Kier molecular flexibility index (Phi) is 4.51. The number of carbonyl (C=O) groups excluding carboxylic acids is 1. The summed E-state index contributed by atoms with van der Waals surface area (Å²) >= 11 is 1.34. The molecule has 0 saturated heterocycles. The molecule has 5 nitrogen and oxygen atoms in total. The van der Waals surface area contributed by atoms with E-state index in [1.807, 2.05) is 32.3 Å². The Morgan fingerprint density at radius 2 is 2.08 bits per heavy atom. The minimum absolute atomic E-state index is 0.0134. The van der Waals surface area contributed by atoms with Crippen molar-refractivity contribution in [1.29, 1.82) is 0 Å². The molecule has 0 spiro atoms. The van der Waals surface area contributed by atoms with Gasteiger partial charge in [-0.3, -0.25) is 14.2 Å². The topological polar surface area (TPSA) is 64.0 Å². The Labute approximate surface area is 146 Å². The lowest BCUT2D eigenvalue weighted by Gasteiger charge is -2.24. The zero-order chi connectivity index (χ0) is 17.5. The van der Waals surface area contributed by atoms with Crippen molar-refractivity contribution in [2.45, 2.75) is 71.9 Å². The van der Waals surface area contributed by atoms with Gasteiger partial charge in [-0.2, -0.15) is 0 Å². The molecule has 0 bridgehead atoms. The first-order valence-electron chi connectivity index (χ1n) is 8.69. The second-order valence-corrected chi connectivity index (χ2v) is 8.22. The highest BCUT2D eigenvalue weighted by atomic mass is 32.1. The summed E-state index contributed by atoms with van der Waals surface area (Å²) in [5, 5.41) is 3.67. The summed E-state index contributed by atoms with van der Waals surface area (Å²) in [6, 6.07) is 0. The van der Waals surface area contributed by atoms with Gasteiger partial charge in [0.1, 0.15) is 10.7 Å². The van der Waals surface area contributed by atoms with Crippen LogP contribution in [0.3, 0.4) is 0 Å². The van der Waals surface area contributed by atoms with E-state index in [2.05, 4.69) is 5.32 Å². The van der Waals surface area contributed by atoms with Crippen LogP contribution in [0.2, 0.25) is 0 Å². The molecule has 0 radical (unpaired) electrons. The standard InChI is InChI=1S/C18H25N3O2S/c1-5-18(3,4)20-15(22)14-11(2)13-16(24-14)19-12-9-7-6-8-10-21(12)17(13)23/h5-10H2,1-4H3,(H,20,22). The Hall–Kier alpha value is -1.69. The molecule has 3 rings (SSSR count). The predicted octanol–water partition coefficient (Wildman–Crippen LogP) is 3.41. The fraction of sp³-hybridized carbons (Fsp3) is 0.611. The normalized spacial score (nSPS) is 15.2. The smallest absolute Gasteiger partial charge is 0.262 e. The van der Waals surface area contributed by atoms with Crippen LogP contribution >= 0.6 is 11.3 Å². The largest absolute Gasteiger partial charge is 0.346 e. The molecule has 0 aromatic carbocycles. The summed E-state index contributed by atoms with van der Waals surface area (Å²) in [7, 11) is 0. The lowest BCUT2D eigenvalue weighted by atomic mass is 10.0. The highest BCUT2D eigenvalue weighted by Gasteiger charge is 2.25. The van der Waals surface area contributed by atoms with Crippen molar-refractivity contribution in [3.8, 4) is 0 Å². The number of hydrogen-bond donors (Lipinski definition) is 1. The Morgan fingerprint density at radius 3 is 2.79 bits per heavy atom. The van der Waals surface area contributed by atoms with E-state index in [-0.39, 0.29) is 17.0 Å². The molecule has 0 saturated carbocycles. The van der Waals surface area contributed by atoms with Crippen LogP contribution in [0.25, 0.3) is 10.2 Å². The van der Waals surface area contributed by atoms with Crippen molar-refractivity contribution in [2.24, 2.45) is 0 Å². The molecule has 0 fully saturated rings. The number of carbonyl (C=O) groups is 1. The van der Waals surface area contributed by atoms with Gasteiger partial charge in [0.15, 0.2) is 0 Å². The molecule has 0 atom stereocenters. The van der Waals surface area contributed by atoms with Gasteiger partial charge in [0.2, 0.25) is 0 Å². The molecule has 0 aliphatic carbocycles. The second kappa shape index (κ2) is 6.31. The van der Waals surface area contributed by atoms with Gasteiger partial charge in [0.05, 0.1) is 10.3 Å². The van der Waals surface area contributed by atoms with E-state index in [9.17, 15) is 9.59 Å². The number of nitrogens with one attached hydrogen (secondary N) is 1. The van der Waals surface area contributed by atoms with Gasteiger partial charge in [-0.1, -0.05) is 13.3 Å². The van der Waals surface area contributed by atoms with Gasteiger partial charge in [-0.15, -0.1) is 11.3 Å². The van der Waals surface area contributed by atoms with Gasteiger partial charge in [-0.05, 0) is 45.6 Å². The van der Waals surface area contributed by atoms with E-state index in [4.69, 9.17) is 4.98 Å². The SMILES string of the molecule is CCC(C)(C)NC(=O)c1sc2nc3n(c(=O)c2c1C)CCCCC3. The van der Waals surface area contributed by atoms with Crippen LogP contribution < -0.4 is 10.9 Å². The van der Waals surface area contributed by atoms with Crippen molar-refractivity contribution in [2.75, 3.05) is 0 Å². The molecular weight excluding hydrogens is 322 g/mol.